The van der Waals surface area contributed by atoms with Gasteiger partial charge in [-0.05, 0) is 48.0 Å². The molecule has 1 heterocycles. The average molecular weight is 427 g/mol. The van der Waals surface area contributed by atoms with E-state index >= 15 is 0 Å². The van der Waals surface area contributed by atoms with Crippen molar-refractivity contribution in [3.05, 3.63) is 86.7 Å². The zero-order valence-electron chi connectivity index (χ0n) is 13.5. The summed E-state index contributed by atoms with van der Waals surface area (Å²) in [5, 5.41) is 4.71. The standard InChI is InChI=1S/C19H14Cl3NO2S/c20-13-4-6-18(25-11-12-3-5-16(21)17(22)8-12)15(9-13)19(26)23-10-14-2-1-7-24-14/h1-9H,10-11H2,(H,23,26). The van der Waals surface area contributed by atoms with Gasteiger partial charge < -0.3 is 14.5 Å². The highest BCUT2D eigenvalue weighted by Crippen LogP contribution is 2.26. The van der Waals surface area contributed by atoms with Crippen LogP contribution >= 0.6 is 47.0 Å². The number of benzene rings is 2. The molecule has 2 aromatic carbocycles. The maximum Gasteiger partial charge on any atom is 0.130 e. The summed E-state index contributed by atoms with van der Waals surface area (Å²) >= 11 is 23.6. The van der Waals surface area contributed by atoms with Crippen molar-refractivity contribution in [2.45, 2.75) is 13.2 Å². The normalized spacial score (nSPS) is 10.6. The summed E-state index contributed by atoms with van der Waals surface area (Å²) in [6.07, 6.45) is 1.62. The lowest BCUT2D eigenvalue weighted by molar-refractivity contribution is 0.305. The third-order valence-corrected chi connectivity index (χ3v) is 4.91. The molecule has 134 valence electrons. The van der Waals surface area contributed by atoms with E-state index < -0.39 is 0 Å². The molecule has 1 N–H and O–H groups in total. The van der Waals surface area contributed by atoms with Crippen LogP contribution in [0.25, 0.3) is 0 Å². The maximum absolute atomic E-state index is 6.12. The van der Waals surface area contributed by atoms with Crippen LogP contribution in [0.3, 0.4) is 0 Å². The Morgan fingerprint density at radius 2 is 1.88 bits per heavy atom. The van der Waals surface area contributed by atoms with Crippen molar-refractivity contribution in [1.82, 2.24) is 5.32 Å². The maximum atomic E-state index is 6.12. The van der Waals surface area contributed by atoms with Gasteiger partial charge in [0.05, 0.1) is 28.4 Å². The van der Waals surface area contributed by atoms with Crippen molar-refractivity contribution < 1.29 is 9.15 Å². The van der Waals surface area contributed by atoms with E-state index in [1.54, 1.807) is 36.6 Å². The van der Waals surface area contributed by atoms with E-state index in [0.717, 1.165) is 11.3 Å². The predicted octanol–water partition coefficient (Wildman–Crippen LogP) is 6.28. The number of halogens is 3. The van der Waals surface area contributed by atoms with Gasteiger partial charge >= 0.3 is 0 Å². The Morgan fingerprint density at radius 1 is 1.04 bits per heavy atom. The van der Waals surface area contributed by atoms with Crippen molar-refractivity contribution in [1.29, 1.82) is 0 Å². The molecule has 0 saturated heterocycles. The Morgan fingerprint density at radius 3 is 2.62 bits per heavy atom. The number of furan rings is 1. The van der Waals surface area contributed by atoms with Crippen LogP contribution in [0.2, 0.25) is 15.1 Å². The van der Waals surface area contributed by atoms with Crippen LogP contribution in [0.15, 0.2) is 59.2 Å². The first kappa shape index (κ1) is 19.1. The van der Waals surface area contributed by atoms with E-state index in [0.29, 0.717) is 44.5 Å². The third-order valence-electron chi connectivity index (χ3n) is 3.57. The number of hydrogen-bond donors (Lipinski definition) is 1. The van der Waals surface area contributed by atoms with Gasteiger partial charge in [0.15, 0.2) is 0 Å². The number of ether oxygens (including phenoxy) is 1. The van der Waals surface area contributed by atoms with Crippen molar-refractivity contribution in [2.24, 2.45) is 0 Å². The van der Waals surface area contributed by atoms with Crippen molar-refractivity contribution in [3.8, 4) is 5.75 Å². The van der Waals surface area contributed by atoms with E-state index in [1.165, 1.54) is 0 Å². The summed E-state index contributed by atoms with van der Waals surface area (Å²) in [5.41, 5.74) is 1.61. The third kappa shape index (κ3) is 4.92. The van der Waals surface area contributed by atoms with E-state index in [9.17, 15) is 0 Å². The summed E-state index contributed by atoms with van der Waals surface area (Å²) in [6, 6.07) is 14.4. The minimum Gasteiger partial charge on any atom is -0.488 e. The fraction of sp³-hybridized carbons (Fsp3) is 0.105. The van der Waals surface area contributed by atoms with Gasteiger partial charge in [-0.25, -0.2) is 0 Å². The molecule has 0 aliphatic heterocycles. The molecule has 0 amide bonds. The zero-order valence-corrected chi connectivity index (χ0v) is 16.6. The summed E-state index contributed by atoms with van der Waals surface area (Å²) in [6.45, 7) is 0.802. The molecule has 0 radical (unpaired) electrons. The van der Waals surface area contributed by atoms with Gasteiger partial charge in [-0.3, -0.25) is 0 Å². The predicted molar refractivity (Wildman–Crippen MR) is 109 cm³/mol. The lowest BCUT2D eigenvalue weighted by atomic mass is 10.2. The second-order valence-electron chi connectivity index (χ2n) is 5.44. The Bertz CT molecular complexity index is 913. The molecule has 1 aromatic heterocycles. The molecule has 26 heavy (non-hydrogen) atoms. The number of thiocarbonyl (C=S) groups is 1. The first-order chi connectivity index (χ1) is 12.5. The molecule has 0 atom stereocenters. The molecule has 0 spiro atoms. The van der Waals surface area contributed by atoms with Gasteiger partial charge in [0.1, 0.15) is 23.1 Å². The fourth-order valence-electron chi connectivity index (χ4n) is 2.27. The molecular formula is C19H14Cl3NO2S. The summed E-state index contributed by atoms with van der Waals surface area (Å²) < 4.78 is 11.2. The van der Waals surface area contributed by atoms with Crippen LogP contribution in [-0.2, 0) is 13.2 Å². The molecule has 3 aromatic rings. The molecule has 0 saturated carbocycles. The largest absolute Gasteiger partial charge is 0.488 e. The molecular weight excluding hydrogens is 413 g/mol. The van der Waals surface area contributed by atoms with Crippen molar-refractivity contribution in [3.63, 3.8) is 0 Å². The minimum atomic E-state index is 0.326. The Kier molecular flexibility index (Phi) is 6.43. The van der Waals surface area contributed by atoms with E-state index in [1.807, 2.05) is 18.2 Å². The van der Waals surface area contributed by atoms with Gasteiger partial charge in [-0.1, -0.05) is 53.1 Å². The smallest absolute Gasteiger partial charge is 0.130 e. The van der Waals surface area contributed by atoms with E-state index in [-0.39, 0.29) is 0 Å². The molecule has 3 rings (SSSR count). The highest BCUT2D eigenvalue weighted by atomic mass is 35.5. The Balaban J connectivity index is 1.72. The van der Waals surface area contributed by atoms with Crippen LogP contribution in [0.4, 0.5) is 0 Å². The van der Waals surface area contributed by atoms with Crippen LogP contribution in [-0.4, -0.2) is 4.99 Å². The van der Waals surface area contributed by atoms with Crippen molar-refractivity contribution >= 4 is 52.0 Å². The van der Waals surface area contributed by atoms with Gasteiger partial charge in [0.2, 0.25) is 0 Å². The monoisotopic (exact) mass is 425 g/mol. The minimum absolute atomic E-state index is 0.326. The Labute approximate surface area is 171 Å². The summed E-state index contributed by atoms with van der Waals surface area (Å²) in [5.74, 6) is 1.41. The van der Waals surface area contributed by atoms with Crippen molar-refractivity contribution in [2.75, 3.05) is 0 Å². The van der Waals surface area contributed by atoms with Gasteiger partial charge in [-0.2, -0.15) is 0 Å². The molecule has 0 aliphatic carbocycles. The first-order valence-electron chi connectivity index (χ1n) is 7.70. The molecule has 0 unspecified atom stereocenters. The van der Waals surface area contributed by atoms with Crippen LogP contribution in [0, 0.1) is 0 Å². The molecule has 0 bridgehead atoms. The zero-order chi connectivity index (χ0) is 18.5. The molecule has 0 fully saturated rings. The molecule has 0 aliphatic rings. The number of hydrogen-bond acceptors (Lipinski definition) is 3. The van der Waals surface area contributed by atoms with E-state index in [2.05, 4.69) is 5.32 Å². The lowest BCUT2D eigenvalue weighted by Gasteiger charge is -2.14. The SMILES string of the molecule is S=C(NCc1ccco1)c1cc(Cl)ccc1OCc1ccc(Cl)c(Cl)c1. The van der Waals surface area contributed by atoms with Crippen LogP contribution < -0.4 is 10.1 Å². The highest BCUT2D eigenvalue weighted by Gasteiger charge is 2.11. The molecule has 7 heteroatoms. The van der Waals surface area contributed by atoms with E-state index in [4.69, 9.17) is 56.2 Å². The van der Waals surface area contributed by atoms with Crippen LogP contribution in [0.1, 0.15) is 16.9 Å². The highest BCUT2D eigenvalue weighted by molar-refractivity contribution is 7.80. The second-order valence-corrected chi connectivity index (χ2v) is 7.10. The van der Waals surface area contributed by atoms with Gasteiger partial charge in [0, 0.05) is 5.02 Å². The Hall–Kier alpha value is -1.72. The summed E-state index contributed by atoms with van der Waals surface area (Å²) in [7, 11) is 0. The van der Waals surface area contributed by atoms with Crippen LogP contribution in [0.5, 0.6) is 5.75 Å². The lowest BCUT2D eigenvalue weighted by Crippen LogP contribution is -2.22. The first-order valence-corrected chi connectivity index (χ1v) is 9.24. The quantitative estimate of drug-likeness (QED) is 0.470. The summed E-state index contributed by atoms with van der Waals surface area (Å²) in [4.78, 5) is 0.521. The van der Waals surface area contributed by atoms with Gasteiger partial charge in [-0.15, -0.1) is 0 Å². The fourth-order valence-corrected chi connectivity index (χ4v) is 3.00. The second kappa shape index (κ2) is 8.78. The average Bonchev–Trinajstić information content (AvgIpc) is 3.15. The molecule has 3 nitrogen and oxygen atoms in total. The van der Waals surface area contributed by atoms with Gasteiger partial charge in [0.25, 0.3) is 0 Å². The topological polar surface area (TPSA) is 34.4 Å². The number of rotatable bonds is 6. The number of nitrogens with one attached hydrogen (secondary N) is 1.